The average Bonchev–Trinajstić information content (AvgIpc) is 1.58. The van der Waals surface area contributed by atoms with Gasteiger partial charge in [-0.05, 0) is 159 Å². The molecule has 12 N–H and O–H groups in total. The molecule has 3 aliphatic heterocycles. The van der Waals surface area contributed by atoms with Crippen LogP contribution in [0.5, 0.6) is 0 Å². The summed E-state index contributed by atoms with van der Waals surface area (Å²) in [5.41, 5.74) is 10.2. The number of carbonyl (C=O) groups is 3. The van der Waals surface area contributed by atoms with Gasteiger partial charge in [-0.3, -0.25) is 26.9 Å². The Morgan fingerprint density at radius 1 is 0.518 bits per heavy atom. The Bertz CT molecular complexity index is 5420. The number of ether oxygens (including phenoxy) is 3. The zero-order valence-electron chi connectivity index (χ0n) is 61.2. The molecule has 0 amide bonds. The standard InChI is InChI=1S/C28H32N4O6S2.C23H23Cl2N5O6S2.C23H26N4O6S3/c1-15-21(27-22-9-18(16-2-3-16)5-4-17(22)6-7-37-27)11-25(39-15)26(34)23-12-30-14-31-28(23)32-20-8-19(24(33)10-20)13-38-40(29,35)36;24-18-2-1-11-3-4-35-21(19(11)30-18)14-7-17(37-22(14)25)20(32)15-8-27-10-28-23(15)29-13-5-12(16(31)6-13)9-36-38(26,33)34;1-12-16(22-15-3-5-34-19(15)2-4-32-22)8-20(35-12)21(29)17-9-25-11-26-23(17)27-14-6-13(18(28)7-14)10-33-36(24,30)31/h4-5,9,11-12,14,16,19-20,24,27,33H,2-3,6-8,10,13H2,1H3,(H2,29,35,36)(H,30,31,32);1-2,7-8,10,12-13,16,21,31H,3-6,9H2,(H2,26,33,34)(H,27,28,29);3,5,8-9,11,13-14,18,22,28H,2,4,6-7,10H2,1H3,(H2,24,30,31)(H,25,26,27)/t19-,20-,24+,27?;12-,13-,16+,21?;13-,14-,18+,22?/m111/s1. The number of thiophene rings is 4. The molecule has 12 atom stereocenters. The van der Waals surface area contributed by atoms with Crippen molar-refractivity contribution >= 4 is 134 Å². The minimum absolute atomic E-state index is 0.182. The van der Waals surface area contributed by atoms with Crippen LogP contribution in [0.3, 0.4) is 0 Å². The number of benzene rings is 1. The van der Waals surface area contributed by atoms with E-state index in [0.29, 0.717) is 129 Å². The average molecular weight is 1740 g/mol. The van der Waals surface area contributed by atoms with Crippen LogP contribution in [0, 0.1) is 31.6 Å². The van der Waals surface area contributed by atoms with Gasteiger partial charge >= 0.3 is 30.9 Å². The first-order valence-electron chi connectivity index (χ1n) is 36.5. The zero-order valence-corrected chi connectivity index (χ0v) is 68.4. The number of aryl methyl sites for hydroxylation is 2. The Hall–Kier alpha value is -7.23. The van der Waals surface area contributed by atoms with Crippen LogP contribution in [0.25, 0.3) is 0 Å². The van der Waals surface area contributed by atoms with Gasteiger partial charge in [-0.15, -0.1) is 45.3 Å². The molecular weight excluding hydrogens is 1650 g/mol. The van der Waals surface area contributed by atoms with Crippen LogP contribution in [-0.4, -0.2) is 169 Å². The summed E-state index contributed by atoms with van der Waals surface area (Å²) in [4.78, 5) is 75.1. The van der Waals surface area contributed by atoms with Crippen LogP contribution in [0.4, 0.5) is 17.5 Å². The van der Waals surface area contributed by atoms with Crippen molar-refractivity contribution in [2.24, 2.45) is 33.2 Å². The summed E-state index contributed by atoms with van der Waals surface area (Å²) < 4.78 is 99.4. The van der Waals surface area contributed by atoms with Gasteiger partial charge in [0.1, 0.15) is 59.9 Å². The third-order valence-corrected chi connectivity index (χ3v) is 27.2. The number of nitrogens with zero attached hydrogens (tertiary/aromatic N) is 7. The molecule has 11 heterocycles. The number of aliphatic hydroxyl groups is 3. The van der Waals surface area contributed by atoms with Crippen molar-refractivity contribution in [1.29, 1.82) is 0 Å². The highest BCUT2D eigenvalue weighted by Crippen LogP contribution is 2.47. The van der Waals surface area contributed by atoms with Crippen LogP contribution in [0.1, 0.15) is 186 Å². The van der Waals surface area contributed by atoms with E-state index in [2.05, 4.69) is 93.0 Å². The molecule has 7 aliphatic rings. The summed E-state index contributed by atoms with van der Waals surface area (Å²) in [5, 5.41) is 57.9. The van der Waals surface area contributed by atoms with E-state index in [9.17, 15) is 55.0 Å². The van der Waals surface area contributed by atoms with Crippen LogP contribution >= 0.6 is 68.5 Å². The summed E-state index contributed by atoms with van der Waals surface area (Å²) in [5.74, 6) is -0.360. The van der Waals surface area contributed by atoms with Gasteiger partial charge in [-0.1, -0.05) is 47.5 Å². The number of anilines is 3. The minimum atomic E-state index is -4.11. The molecule has 3 unspecified atom stereocenters. The summed E-state index contributed by atoms with van der Waals surface area (Å²) in [6.45, 7) is 5.11. The first kappa shape index (κ1) is 83.3. The van der Waals surface area contributed by atoms with Crippen molar-refractivity contribution in [2.45, 2.75) is 145 Å². The molecule has 9 aromatic rings. The fourth-order valence-electron chi connectivity index (χ4n) is 15.3. The number of rotatable bonds is 25. The van der Waals surface area contributed by atoms with E-state index in [1.54, 1.807) is 23.5 Å². The number of hydrogen-bond acceptors (Lipinski definition) is 32. The number of fused-ring (bicyclic) bond motifs is 3. The van der Waals surface area contributed by atoms with E-state index >= 15 is 0 Å². The fraction of sp³-hybridized carbons (Fsp3) is 0.432. The lowest BCUT2D eigenvalue weighted by atomic mass is 9.90. The maximum absolute atomic E-state index is 13.7. The van der Waals surface area contributed by atoms with Crippen molar-refractivity contribution in [3.05, 3.63) is 203 Å². The van der Waals surface area contributed by atoms with Crippen molar-refractivity contribution in [3.63, 3.8) is 0 Å². The number of halogens is 2. The SMILES string of the molecule is Cc1sc(C(=O)c2cncnc2N[C@@H]2C[C@H](COS(N)(=O)=O)[C@@H](O)C2)cc1C1OCCc2ccc(C3CC3)cc21.Cc1sc(C(=O)c2cncnc2N[C@@H]2C[C@H](COS(N)(=O)=O)[C@@H](O)C2)cc1C1OCCc2sccc21.NS(=O)(=O)OC[C@H]1C[C@@H](Nc2ncncc2C(=O)c2cc(C3OCCc4ccc(Cl)nc43)c(Cl)s2)C[C@@H]1O. The predicted molar refractivity (Wildman–Crippen MR) is 426 cm³/mol. The molecule has 4 fully saturated rings. The Morgan fingerprint density at radius 3 is 1.40 bits per heavy atom. The molecule has 114 heavy (non-hydrogen) atoms. The van der Waals surface area contributed by atoms with E-state index in [4.69, 9.17) is 52.8 Å². The first-order valence-corrected chi connectivity index (χ1v) is 45.0. The van der Waals surface area contributed by atoms with Crippen LogP contribution in [0.2, 0.25) is 9.49 Å². The van der Waals surface area contributed by atoms with E-state index in [0.717, 1.165) is 56.2 Å². The lowest BCUT2D eigenvalue weighted by molar-refractivity contribution is 0.0667. The molecule has 0 spiro atoms. The quantitative estimate of drug-likeness (QED) is 0.0190. The van der Waals surface area contributed by atoms with E-state index < -0.39 is 73.1 Å². The third kappa shape index (κ3) is 20.1. The van der Waals surface area contributed by atoms with Gasteiger partial charge in [-0.25, -0.2) is 50.3 Å². The van der Waals surface area contributed by atoms with Crippen molar-refractivity contribution < 1.29 is 81.7 Å². The number of hydrogen-bond donors (Lipinski definition) is 9. The second kappa shape index (κ2) is 35.5. The van der Waals surface area contributed by atoms with Gasteiger partial charge in [-0.2, -0.15) is 25.3 Å². The van der Waals surface area contributed by atoms with Crippen molar-refractivity contribution in [3.8, 4) is 0 Å². The number of pyridine rings is 1. The monoisotopic (exact) mass is 1730 g/mol. The molecule has 4 aliphatic carbocycles. The normalized spacial score (nSPS) is 23.9. The summed E-state index contributed by atoms with van der Waals surface area (Å²) >= 11 is 18.4. The molecule has 0 bridgehead atoms. The largest absolute Gasteiger partial charge is 0.393 e. The van der Waals surface area contributed by atoms with Gasteiger partial charge in [0.25, 0.3) is 0 Å². The van der Waals surface area contributed by atoms with E-state index in [1.807, 2.05) is 32.0 Å². The number of nitrogens with one attached hydrogen (secondary N) is 3. The van der Waals surface area contributed by atoms with Gasteiger partial charge in [0.15, 0.2) is 0 Å². The molecule has 31 nitrogen and oxygen atoms in total. The summed E-state index contributed by atoms with van der Waals surface area (Å²) in [7, 11) is -12.3. The van der Waals surface area contributed by atoms with Gasteiger partial charge in [0.2, 0.25) is 17.3 Å². The molecule has 0 radical (unpaired) electrons. The van der Waals surface area contributed by atoms with Crippen molar-refractivity contribution in [2.75, 3.05) is 55.6 Å². The Labute approximate surface area is 682 Å². The number of aromatic nitrogens is 7. The number of ketones is 3. The molecule has 16 rings (SSSR count). The maximum atomic E-state index is 13.7. The smallest absolute Gasteiger partial charge is 0.333 e. The summed E-state index contributed by atoms with van der Waals surface area (Å²) in [6, 6.07) is 17.3. The molecule has 0 saturated heterocycles. The number of carbonyl (C=O) groups excluding carboxylic acids is 3. The molecular formula is C74H81Cl2N13O18S7. The van der Waals surface area contributed by atoms with Crippen molar-refractivity contribution in [1.82, 2.24) is 34.9 Å². The Kier molecular flexibility index (Phi) is 26.0. The topological polar surface area (TPSA) is 474 Å². The zero-order chi connectivity index (χ0) is 80.5. The molecule has 40 heteroatoms. The van der Waals surface area contributed by atoms with Gasteiger partial charge < -0.3 is 45.5 Å². The van der Waals surface area contributed by atoms with Crippen LogP contribution < -0.4 is 31.4 Å². The molecule has 4 saturated carbocycles. The fourth-order valence-corrected chi connectivity index (χ4v) is 20.7. The minimum Gasteiger partial charge on any atom is -0.393 e. The van der Waals surface area contributed by atoms with Gasteiger partial charge in [0.05, 0.1) is 99.3 Å². The number of aliphatic hydroxyl groups excluding tert-OH is 3. The first-order chi connectivity index (χ1) is 54.4. The van der Waals surface area contributed by atoms with Crippen LogP contribution in [0.15, 0.2) is 97.5 Å². The lowest BCUT2D eigenvalue weighted by Gasteiger charge is -2.27. The molecule has 8 aromatic heterocycles. The second-order valence-corrected chi connectivity index (χ2v) is 38.1. The van der Waals surface area contributed by atoms with E-state index in [-0.39, 0.29) is 78.9 Å². The van der Waals surface area contributed by atoms with Crippen LogP contribution in [-0.2, 0) is 76.9 Å². The molecule has 606 valence electrons. The Balaban J connectivity index is 0.000000142. The predicted octanol–water partition coefficient (Wildman–Crippen LogP) is 8.87. The number of nitrogens with two attached hydrogens (primary N) is 3. The Morgan fingerprint density at radius 2 is 0.939 bits per heavy atom. The second-order valence-electron chi connectivity index (χ2n) is 28.9. The third-order valence-electron chi connectivity index (χ3n) is 21.1. The highest BCUT2D eigenvalue weighted by atomic mass is 35.5. The highest BCUT2D eigenvalue weighted by Gasteiger charge is 2.40. The molecule has 1 aromatic carbocycles. The highest BCUT2D eigenvalue weighted by molar-refractivity contribution is 7.84. The summed E-state index contributed by atoms with van der Waals surface area (Å²) in [6.07, 6.45) is 12.3. The lowest BCUT2D eigenvalue weighted by Crippen LogP contribution is -2.24. The van der Waals surface area contributed by atoms with E-state index in [1.165, 1.54) is 94.7 Å². The maximum Gasteiger partial charge on any atom is 0.333 e. The van der Waals surface area contributed by atoms with Gasteiger partial charge in [0, 0.05) is 81.1 Å².